The van der Waals surface area contributed by atoms with Crippen LogP contribution in [0.2, 0.25) is 0 Å². The van der Waals surface area contributed by atoms with Crippen molar-refractivity contribution in [3.63, 3.8) is 0 Å². The van der Waals surface area contributed by atoms with Crippen molar-refractivity contribution in [3.05, 3.63) is 29.6 Å². The third-order valence-electron chi connectivity index (χ3n) is 3.99. The van der Waals surface area contributed by atoms with E-state index in [1.54, 1.807) is 18.0 Å². The molecule has 134 valence electrons. The third-order valence-corrected chi connectivity index (χ3v) is 3.99. The van der Waals surface area contributed by atoms with E-state index in [1.165, 1.54) is 12.1 Å². The molecule has 0 spiro atoms. The second-order valence-corrected chi connectivity index (χ2v) is 6.40. The lowest BCUT2D eigenvalue weighted by atomic mass is 10.1. The van der Waals surface area contributed by atoms with Gasteiger partial charge in [0.15, 0.2) is 0 Å². The lowest BCUT2D eigenvalue weighted by molar-refractivity contribution is -0.116. The molecule has 1 saturated heterocycles. The zero-order valence-electron chi connectivity index (χ0n) is 14.3. The number of carbonyl (C=O) groups is 2. The van der Waals surface area contributed by atoms with Crippen LogP contribution in [0.3, 0.4) is 0 Å². The molecule has 1 heterocycles. The van der Waals surface area contributed by atoms with Crippen molar-refractivity contribution in [3.8, 4) is 0 Å². The van der Waals surface area contributed by atoms with Crippen molar-refractivity contribution in [1.82, 2.24) is 10.2 Å². The van der Waals surface area contributed by atoms with Gasteiger partial charge in [-0.3, -0.25) is 9.59 Å². The summed E-state index contributed by atoms with van der Waals surface area (Å²) >= 11 is 0. The highest BCUT2D eigenvalue weighted by atomic mass is 35.5. The minimum atomic E-state index is -0.592. The van der Waals surface area contributed by atoms with E-state index < -0.39 is 5.82 Å². The van der Waals surface area contributed by atoms with Crippen molar-refractivity contribution in [2.75, 3.05) is 25.5 Å². The summed E-state index contributed by atoms with van der Waals surface area (Å²) in [7, 11) is 1.73. The summed E-state index contributed by atoms with van der Waals surface area (Å²) in [6.45, 7) is 5.49. The zero-order chi connectivity index (χ0) is 17.0. The van der Waals surface area contributed by atoms with Crippen LogP contribution in [0.5, 0.6) is 0 Å². The molecule has 2 rings (SSSR count). The third kappa shape index (κ3) is 5.18. The monoisotopic (exact) mass is 357 g/mol. The Bertz CT molecular complexity index is 589. The molecule has 0 saturated carbocycles. The Labute approximate surface area is 148 Å². The lowest BCUT2D eigenvalue weighted by Crippen LogP contribution is -2.38. The number of likely N-dealkylation sites (N-methyl/N-ethyl adjacent to an activating group) is 1. The van der Waals surface area contributed by atoms with Crippen LogP contribution >= 0.6 is 12.4 Å². The maximum atomic E-state index is 14.2. The van der Waals surface area contributed by atoms with Crippen molar-refractivity contribution >= 4 is 29.9 Å². The highest BCUT2D eigenvalue weighted by molar-refractivity contribution is 5.96. The molecule has 0 aliphatic carbocycles. The van der Waals surface area contributed by atoms with Gasteiger partial charge in [-0.15, -0.1) is 12.4 Å². The molecule has 1 fully saturated rings. The summed E-state index contributed by atoms with van der Waals surface area (Å²) in [5.74, 6) is -0.830. The highest BCUT2D eigenvalue weighted by Gasteiger charge is 2.24. The van der Waals surface area contributed by atoms with Crippen LogP contribution < -0.4 is 10.6 Å². The second-order valence-electron chi connectivity index (χ2n) is 6.40. The smallest absolute Gasteiger partial charge is 0.253 e. The molecule has 1 aliphatic heterocycles. The van der Waals surface area contributed by atoms with Gasteiger partial charge in [0, 0.05) is 31.6 Å². The van der Waals surface area contributed by atoms with Gasteiger partial charge < -0.3 is 15.5 Å². The number of nitrogens with one attached hydrogen (secondary N) is 2. The summed E-state index contributed by atoms with van der Waals surface area (Å²) in [5, 5.41) is 5.74. The molecule has 1 aromatic rings. The average Bonchev–Trinajstić information content (AvgIpc) is 3.01. The van der Waals surface area contributed by atoms with Crippen LogP contribution in [-0.4, -0.2) is 42.9 Å². The van der Waals surface area contributed by atoms with Crippen LogP contribution in [0, 0.1) is 11.7 Å². The van der Waals surface area contributed by atoms with E-state index in [2.05, 4.69) is 10.6 Å². The fourth-order valence-corrected chi connectivity index (χ4v) is 2.66. The Morgan fingerprint density at radius 2 is 2.12 bits per heavy atom. The molecule has 0 bridgehead atoms. The largest absolute Gasteiger partial charge is 0.337 e. The molecule has 7 heteroatoms. The maximum Gasteiger partial charge on any atom is 0.253 e. The van der Waals surface area contributed by atoms with Gasteiger partial charge in [0.05, 0.1) is 5.69 Å². The number of anilines is 1. The van der Waals surface area contributed by atoms with Gasteiger partial charge in [0.25, 0.3) is 5.91 Å². The van der Waals surface area contributed by atoms with Crippen molar-refractivity contribution in [2.45, 2.75) is 32.7 Å². The molecular weight excluding hydrogens is 333 g/mol. The molecule has 1 aromatic carbocycles. The lowest BCUT2D eigenvalue weighted by Gasteiger charge is -2.24. The first-order valence-corrected chi connectivity index (χ1v) is 7.95. The van der Waals surface area contributed by atoms with Gasteiger partial charge in [0.2, 0.25) is 5.91 Å². The Hall–Kier alpha value is -1.66. The summed E-state index contributed by atoms with van der Waals surface area (Å²) < 4.78 is 14.2. The Balaban J connectivity index is 0.00000288. The first-order chi connectivity index (χ1) is 10.9. The summed E-state index contributed by atoms with van der Waals surface area (Å²) in [5.41, 5.74) is 0.399. The predicted molar refractivity (Wildman–Crippen MR) is 95.1 cm³/mol. The summed E-state index contributed by atoms with van der Waals surface area (Å²) in [4.78, 5) is 25.8. The van der Waals surface area contributed by atoms with Crippen LogP contribution in [0.1, 0.15) is 37.0 Å². The molecule has 24 heavy (non-hydrogen) atoms. The molecule has 5 nitrogen and oxygen atoms in total. The Morgan fingerprint density at radius 3 is 2.67 bits per heavy atom. The van der Waals surface area contributed by atoms with E-state index in [0.29, 0.717) is 12.0 Å². The first-order valence-electron chi connectivity index (χ1n) is 7.95. The van der Waals surface area contributed by atoms with Gasteiger partial charge in [-0.1, -0.05) is 13.8 Å². The van der Waals surface area contributed by atoms with Crippen LogP contribution in [0.4, 0.5) is 10.1 Å². The van der Waals surface area contributed by atoms with Crippen LogP contribution in [-0.2, 0) is 4.79 Å². The quantitative estimate of drug-likeness (QED) is 0.851. The summed E-state index contributed by atoms with van der Waals surface area (Å²) in [6, 6.07) is 4.32. The molecule has 1 atom stereocenters. The number of halogens is 2. The average molecular weight is 358 g/mol. The molecule has 2 N–H and O–H groups in total. The number of hydrogen-bond donors (Lipinski definition) is 2. The number of rotatable bonds is 5. The van der Waals surface area contributed by atoms with Gasteiger partial charge >= 0.3 is 0 Å². The maximum absolute atomic E-state index is 14.2. The van der Waals surface area contributed by atoms with Crippen molar-refractivity contribution < 1.29 is 14.0 Å². The van der Waals surface area contributed by atoms with E-state index in [-0.39, 0.29) is 41.9 Å². The molecular formula is C17H25ClFN3O2. The SMILES string of the molecule is CC(C)CC(=O)Nc1ccc(C(=O)N(C)C2CCNC2)cc1F.Cl. The number of amides is 2. The summed E-state index contributed by atoms with van der Waals surface area (Å²) in [6.07, 6.45) is 1.23. The van der Waals surface area contributed by atoms with E-state index in [4.69, 9.17) is 0 Å². The van der Waals surface area contributed by atoms with Crippen molar-refractivity contribution in [2.24, 2.45) is 5.92 Å². The molecule has 0 aromatic heterocycles. The number of carbonyl (C=O) groups excluding carboxylic acids is 2. The number of hydrogen-bond acceptors (Lipinski definition) is 3. The molecule has 2 amide bonds. The molecule has 1 aliphatic rings. The zero-order valence-corrected chi connectivity index (χ0v) is 15.1. The highest BCUT2D eigenvalue weighted by Crippen LogP contribution is 2.19. The number of benzene rings is 1. The van der Waals surface area contributed by atoms with E-state index in [1.807, 2.05) is 13.8 Å². The normalized spacial score (nSPS) is 16.6. The van der Waals surface area contributed by atoms with Gasteiger partial charge in [-0.05, 0) is 37.1 Å². The Morgan fingerprint density at radius 1 is 1.42 bits per heavy atom. The predicted octanol–water partition coefficient (Wildman–Crippen LogP) is 2.67. The molecule has 0 radical (unpaired) electrons. The minimum Gasteiger partial charge on any atom is -0.337 e. The minimum absolute atomic E-state index is 0. The van der Waals surface area contributed by atoms with Gasteiger partial charge in [-0.25, -0.2) is 4.39 Å². The van der Waals surface area contributed by atoms with Crippen LogP contribution in [0.15, 0.2) is 18.2 Å². The number of nitrogens with zero attached hydrogens (tertiary/aromatic N) is 1. The fraction of sp³-hybridized carbons (Fsp3) is 0.529. The van der Waals surface area contributed by atoms with Gasteiger partial charge in [-0.2, -0.15) is 0 Å². The van der Waals surface area contributed by atoms with E-state index >= 15 is 0 Å². The van der Waals surface area contributed by atoms with Crippen LogP contribution in [0.25, 0.3) is 0 Å². The van der Waals surface area contributed by atoms with Gasteiger partial charge in [0.1, 0.15) is 5.82 Å². The standard InChI is InChI=1S/C17H24FN3O2.ClH/c1-11(2)8-16(22)20-15-5-4-12(9-14(15)18)17(23)21(3)13-6-7-19-10-13;/h4-5,9,11,13,19H,6-8,10H2,1-3H3,(H,20,22);1H. The molecule has 1 unspecified atom stereocenters. The van der Waals surface area contributed by atoms with Crippen molar-refractivity contribution in [1.29, 1.82) is 0 Å². The van der Waals surface area contributed by atoms with E-state index in [0.717, 1.165) is 19.5 Å². The van der Waals surface area contributed by atoms with E-state index in [9.17, 15) is 14.0 Å². The Kier molecular flexibility index (Phi) is 7.63. The first kappa shape index (κ1) is 20.4. The topological polar surface area (TPSA) is 61.4 Å². The fourth-order valence-electron chi connectivity index (χ4n) is 2.66. The second kappa shape index (κ2) is 8.99.